The van der Waals surface area contributed by atoms with Crippen LogP contribution in [0.4, 0.5) is 8.78 Å². The first kappa shape index (κ1) is 17.6. The zero-order valence-electron chi connectivity index (χ0n) is 13.4. The summed E-state index contributed by atoms with van der Waals surface area (Å²) in [5.74, 6) is -4.67. The molecule has 23 heavy (non-hydrogen) atoms. The number of carboxylic acids is 1. The van der Waals surface area contributed by atoms with Crippen molar-refractivity contribution < 1.29 is 23.4 Å². The lowest BCUT2D eigenvalue weighted by atomic mass is 9.93. The number of rotatable bonds is 5. The van der Waals surface area contributed by atoms with Crippen LogP contribution in [0.2, 0.25) is 0 Å². The summed E-state index contributed by atoms with van der Waals surface area (Å²) in [6.45, 7) is 3.16. The highest BCUT2D eigenvalue weighted by atomic mass is 19.3. The third kappa shape index (κ3) is 4.60. The molecule has 2 heterocycles. The maximum Gasteiger partial charge on any atom is 0.303 e. The number of ether oxygens (including phenoxy) is 1. The first-order valence-corrected chi connectivity index (χ1v) is 7.63. The van der Waals surface area contributed by atoms with Gasteiger partial charge in [0.2, 0.25) is 5.88 Å². The van der Waals surface area contributed by atoms with Crippen LogP contribution in [0.15, 0.2) is 12.3 Å². The summed E-state index contributed by atoms with van der Waals surface area (Å²) >= 11 is 0. The zero-order chi connectivity index (χ0) is 17.0. The summed E-state index contributed by atoms with van der Waals surface area (Å²) in [4.78, 5) is 16.9. The van der Waals surface area contributed by atoms with Gasteiger partial charge in [-0.05, 0) is 31.0 Å². The van der Waals surface area contributed by atoms with Crippen molar-refractivity contribution in [1.82, 2.24) is 9.88 Å². The molecular formula is C16H22F2N2O3. The van der Waals surface area contributed by atoms with Crippen LogP contribution in [0, 0.1) is 12.8 Å². The van der Waals surface area contributed by atoms with Crippen LogP contribution >= 0.6 is 0 Å². The lowest BCUT2D eigenvalue weighted by Gasteiger charge is -2.22. The Bertz CT molecular complexity index is 566. The molecule has 0 spiro atoms. The number of aryl methyl sites for hydroxylation is 1. The minimum atomic E-state index is -2.93. The second-order valence-corrected chi connectivity index (χ2v) is 6.02. The molecule has 1 aromatic heterocycles. The molecule has 0 bridgehead atoms. The molecule has 1 aliphatic heterocycles. The summed E-state index contributed by atoms with van der Waals surface area (Å²) < 4.78 is 33.2. The van der Waals surface area contributed by atoms with Crippen molar-refractivity contribution in [3.05, 3.63) is 23.4 Å². The lowest BCUT2D eigenvalue weighted by molar-refractivity contribution is -0.143. The number of pyridine rings is 1. The molecule has 1 unspecified atom stereocenters. The smallest absolute Gasteiger partial charge is 0.303 e. The third-order valence-electron chi connectivity index (χ3n) is 4.37. The number of halogens is 2. The van der Waals surface area contributed by atoms with Crippen LogP contribution in [0.5, 0.6) is 5.88 Å². The van der Waals surface area contributed by atoms with Gasteiger partial charge in [0.1, 0.15) is 0 Å². The molecule has 128 valence electrons. The van der Waals surface area contributed by atoms with Gasteiger partial charge in [-0.3, -0.25) is 9.69 Å². The van der Waals surface area contributed by atoms with E-state index in [0.717, 1.165) is 11.1 Å². The predicted octanol–water partition coefficient (Wildman–Crippen LogP) is 2.72. The number of hydrogen-bond acceptors (Lipinski definition) is 4. The number of carbonyl (C=O) groups is 1. The molecule has 1 aliphatic rings. The van der Waals surface area contributed by atoms with Gasteiger partial charge in [-0.1, -0.05) is 0 Å². The van der Waals surface area contributed by atoms with Gasteiger partial charge in [0.25, 0.3) is 5.92 Å². The molecule has 1 atom stereocenters. The fourth-order valence-electron chi connectivity index (χ4n) is 2.87. The number of likely N-dealkylation sites (tertiary alicyclic amines) is 1. The highest BCUT2D eigenvalue weighted by molar-refractivity contribution is 5.67. The van der Waals surface area contributed by atoms with Crippen molar-refractivity contribution in [2.45, 2.75) is 38.7 Å². The normalized spacial score (nSPS) is 21.7. The number of methoxy groups -OCH3 is 1. The summed E-state index contributed by atoms with van der Waals surface area (Å²) in [7, 11) is 1.54. The molecule has 0 aliphatic carbocycles. The minimum absolute atomic E-state index is 0.182. The van der Waals surface area contributed by atoms with Crippen molar-refractivity contribution in [3.63, 3.8) is 0 Å². The third-order valence-corrected chi connectivity index (χ3v) is 4.37. The Kier molecular flexibility index (Phi) is 5.51. The number of carboxylic acid groups (broad SMARTS) is 1. The highest BCUT2D eigenvalue weighted by Gasteiger charge is 2.42. The topological polar surface area (TPSA) is 62.7 Å². The largest absolute Gasteiger partial charge is 0.481 e. The molecule has 0 amide bonds. The lowest BCUT2D eigenvalue weighted by Crippen LogP contribution is -2.30. The SMILES string of the molecule is COc1cc(C)c(CN2CCC(CC(=O)O)C(F)(F)CC2)cn1. The molecule has 0 aromatic carbocycles. The van der Waals surface area contributed by atoms with Crippen molar-refractivity contribution in [3.8, 4) is 5.88 Å². The van der Waals surface area contributed by atoms with Crippen LogP contribution in [0.1, 0.15) is 30.4 Å². The molecule has 7 heteroatoms. The average molecular weight is 328 g/mol. The van der Waals surface area contributed by atoms with Gasteiger partial charge in [0.05, 0.1) is 13.5 Å². The first-order valence-electron chi connectivity index (χ1n) is 7.63. The van der Waals surface area contributed by atoms with Gasteiger partial charge in [0, 0.05) is 37.7 Å². The molecule has 2 rings (SSSR count). The number of aromatic nitrogens is 1. The van der Waals surface area contributed by atoms with Crippen molar-refractivity contribution in [2.24, 2.45) is 5.92 Å². The zero-order valence-corrected chi connectivity index (χ0v) is 13.4. The van der Waals surface area contributed by atoms with Gasteiger partial charge < -0.3 is 9.84 Å². The van der Waals surface area contributed by atoms with E-state index in [0.29, 0.717) is 19.0 Å². The minimum Gasteiger partial charge on any atom is -0.481 e. The van der Waals surface area contributed by atoms with Gasteiger partial charge in [-0.25, -0.2) is 13.8 Å². The number of nitrogens with zero attached hydrogens (tertiary/aromatic N) is 2. The molecule has 5 nitrogen and oxygen atoms in total. The van der Waals surface area contributed by atoms with Crippen LogP contribution in [-0.2, 0) is 11.3 Å². The summed E-state index contributed by atoms with van der Waals surface area (Å²) in [5, 5.41) is 8.81. The Morgan fingerprint density at radius 1 is 1.52 bits per heavy atom. The second kappa shape index (κ2) is 7.21. The van der Waals surface area contributed by atoms with Crippen molar-refractivity contribution in [2.75, 3.05) is 20.2 Å². The maximum atomic E-state index is 14.1. The van der Waals surface area contributed by atoms with E-state index >= 15 is 0 Å². The van der Waals surface area contributed by atoms with E-state index in [1.54, 1.807) is 13.3 Å². The fourth-order valence-corrected chi connectivity index (χ4v) is 2.87. The Morgan fingerprint density at radius 3 is 2.87 bits per heavy atom. The van der Waals surface area contributed by atoms with Crippen LogP contribution in [0.3, 0.4) is 0 Å². The highest BCUT2D eigenvalue weighted by Crippen LogP contribution is 2.36. The molecule has 1 N–H and O–H groups in total. The second-order valence-electron chi connectivity index (χ2n) is 6.02. The van der Waals surface area contributed by atoms with Crippen LogP contribution < -0.4 is 4.74 Å². The summed E-state index contributed by atoms with van der Waals surface area (Å²) in [5.41, 5.74) is 1.96. The Morgan fingerprint density at radius 2 is 2.26 bits per heavy atom. The van der Waals surface area contributed by atoms with E-state index < -0.39 is 24.2 Å². The van der Waals surface area contributed by atoms with Gasteiger partial charge in [-0.15, -0.1) is 0 Å². The summed E-state index contributed by atoms with van der Waals surface area (Å²) in [6.07, 6.45) is 1.09. The van der Waals surface area contributed by atoms with Crippen molar-refractivity contribution >= 4 is 5.97 Å². The average Bonchev–Trinajstić information content (AvgIpc) is 2.61. The van der Waals surface area contributed by atoms with E-state index in [-0.39, 0.29) is 19.4 Å². The first-order chi connectivity index (χ1) is 10.8. The number of aliphatic carboxylic acids is 1. The van der Waals surface area contributed by atoms with Crippen LogP contribution in [-0.4, -0.2) is 47.1 Å². The molecule has 0 radical (unpaired) electrons. The predicted molar refractivity (Wildman–Crippen MR) is 80.7 cm³/mol. The molecule has 0 saturated carbocycles. The van der Waals surface area contributed by atoms with Gasteiger partial charge >= 0.3 is 5.97 Å². The van der Waals surface area contributed by atoms with E-state index in [1.807, 2.05) is 17.9 Å². The molecule has 1 saturated heterocycles. The standard InChI is InChI=1S/C16H22F2N2O3/c1-11-7-14(23-2)19-9-12(11)10-20-5-3-13(8-15(21)22)16(17,18)4-6-20/h7,9,13H,3-6,8,10H2,1-2H3,(H,21,22). The van der Waals surface area contributed by atoms with E-state index in [9.17, 15) is 13.6 Å². The Labute approximate surface area is 134 Å². The Hall–Kier alpha value is -1.76. The Balaban J connectivity index is 2.04. The van der Waals surface area contributed by atoms with Crippen molar-refractivity contribution in [1.29, 1.82) is 0 Å². The van der Waals surface area contributed by atoms with E-state index in [2.05, 4.69) is 4.98 Å². The quantitative estimate of drug-likeness (QED) is 0.900. The summed E-state index contributed by atoms with van der Waals surface area (Å²) in [6, 6.07) is 1.81. The van der Waals surface area contributed by atoms with Gasteiger partial charge in [0.15, 0.2) is 0 Å². The molecule has 1 fully saturated rings. The molecular weight excluding hydrogens is 306 g/mol. The van der Waals surface area contributed by atoms with Gasteiger partial charge in [-0.2, -0.15) is 0 Å². The monoisotopic (exact) mass is 328 g/mol. The molecule has 1 aromatic rings. The van der Waals surface area contributed by atoms with E-state index in [1.165, 1.54) is 0 Å². The van der Waals surface area contributed by atoms with E-state index in [4.69, 9.17) is 9.84 Å². The number of alkyl halides is 2. The van der Waals surface area contributed by atoms with Crippen LogP contribution in [0.25, 0.3) is 0 Å². The fraction of sp³-hybridized carbons (Fsp3) is 0.625. The number of hydrogen-bond donors (Lipinski definition) is 1. The maximum absolute atomic E-state index is 14.1.